The van der Waals surface area contributed by atoms with Crippen LogP contribution in [0.1, 0.15) is 19.0 Å². The summed E-state index contributed by atoms with van der Waals surface area (Å²) >= 11 is 1.51. The van der Waals surface area contributed by atoms with Crippen LogP contribution in [0.3, 0.4) is 0 Å². The van der Waals surface area contributed by atoms with E-state index in [-0.39, 0.29) is 12.3 Å². The molecular formula is C19H19N3O2S. The number of amides is 1. The summed E-state index contributed by atoms with van der Waals surface area (Å²) in [5.74, 6) is 0.572. The van der Waals surface area contributed by atoms with Crippen LogP contribution in [0.5, 0.6) is 5.75 Å². The maximum atomic E-state index is 12.3. The summed E-state index contributed by atoms with van der Waals surface area (Å²) in [4.78, 5) is 21.0. The Hall–Kier alpha value is -2.73. The van der Waals surface area contributed by atoms with E-state index >= 15 is 0 Å². The Labute approximate surface area is 150 Å². The number of anilines is 1. The number of thiazole rings is 1. The van der Waals surface area contributed by atoms with Crippen LogP contribution in [0.25, 0.3) is 10.6 Å². The van der Waals surface area contributed by atoms with Crippen molar-refractivity contribution in [1.29, 1.82) is 0 Å². The number of nitrogens with one attached hydrogen (secondary N) is 1. The number of carbonyl (C=O) groups excluding carboxylic acids is 1. The second-order valence-corrected chi connectivity index (χ2v) is 6.31. The molecule has 1 N–H and O–H groups in total. The molecule has 0 fully saturated rings. The Morgan fingerprint density at radius 2 is 2.12 bits per heavy atom. The topological polar surface area (TPSA) is 64.1 Å². The summed E-state index contributed by atoms with van der Waals surface area (Å²) in [7, 11) is 0. The number of hydrogen-bond donors (Lipinski definition) is 1. The monoisotopic (exact) mass is 353 g/mol. The highest BCUT2D eigenvalue weighted by Gasteiger charge is 2.11. The molecule has 1 aromatic carbocycles. The van der Waals surface area contributed by atoms with Gasteiger partial charge in [-0.15, -0.1) is 11.3 Å². The molecule has 0 aliphatic carbocycles. The first-order chi connectivity index (χ1) is 12.3. The van der Waals surface area contributed by atoms with Gasteiger partial charge in [-0.2, -0.15) is 0 Å². The van der Waals surface area contributed by atoms with Crippen LogP contribution in [0, 0.1) is 0 Å². The van der Waals surface area contributed by atoms with Crippen LogP contribution < -0.4 is 10.1 Å². The minimum absolute atomic E-state index is 0.115. The lowest BCUT2D eigenvalue weighted by Gasteiger charge is -2.11. The molecular weight excluding hydrogens is 334 g/mol. The number of carbonyl (C=O) groups is 1. The lowest BCUT2D eigenvalue weighted by atomic mass is 10.2. The molecule has 1 amide bonds. The fourth-order valence-electron chi connectivity index (χ4n) is 2.28. The fraction of sp³-hybridized carbons (Fsp3) is 0.211. The van der Waals surface area contributed by atoms with E-state index in [4.69, 9.17) is 4.74 Å². The van der Waals surface area contributed by atoms with Gasteiger partial charge in [0.15, 0.2) is 0 Å². The van der Waals surface area contributed by atoms with E-state index in [0.29, 0.717) is 18.0 Å². The van der Waals surface area contributed by atoms with Gasteiger partial charge in [0.25, 0.3) is 0 Å². The number of ether oxygens (including phenoxy) is 1. The normalized spacial score (nSPS) is 10.4. The Kier molecular flexibility index (Phi) is 5.74. The number of para-hydroxylation sites is 2. The maximum Gasteiger partial charge on any atom is 0.230 e. The van der Waals surface area contributed by atoms with Crippen molar-refractivity contribution in [2.75, 3.05) is 11.9 Å². The molecule has 128 valence electrons. The number of hydrogen-bond acceptors (Lipinski definition) is 5. The average molecular weight is 353 g/mol. The van der Waals surface area contributed by atoms with E-state index < -0.39 is 0 Å². The van der Waals surface area contributed by atoms with Crippen LogP contribution in [0.15, 0.2) is 54.2 Å². The predicted octanol–water partition coefficient (Wildman–Crippen LogP) is 4.18. The Morgan fingerprint density at radius 3 is 2.92 bits per heavy atom. The van der Waals surface area contributed by atoms with E-state index in [1.807, 2.05) is 48.7 Å². The third-order valence-corrected chi connectivity index (χ3v) is 4.36. The Balaban J connectivity index is 1.65. The van der Waals surface area contributed by atoms with Gasteiger partial charge in [0, 0.05) is 23.3 Å². The van der Waals surface area contributed by atoms with Gasteiger partial charge in [-0.1, -0.05) is 19.1 Å². The van der Waals surface area contributed by atoms with Crippen molar-refractivity contribution in [1.82, 2.24) is 9.97 Å². The first-order valence-corrected chi connectivity index (χ1v) is 9.00. The zero-order valence-electron chi connectivity index (χ0n) is 13.9. The molecule has 5 nitrogen and oxygen atoms in total. The molecule has 0 radical (unpaired) electrons. The third-order valence-electron chi connectivity index (χ3n) is 3.42. The molecule has 0 bridgehead atoms. The quantitative estimate of drug-likeness (QED) is 0.692. The van der Waals surface area contributed by atoms with Gasteiger partial charge in [0.1, 0.15) is 10.8 Å². The molecule has 0 aliphatic heterocycles. The number of pyridine rings is 1. The molecule has 0 saturated heterocycles. The van der Waals surface area contributed by atoms with E-state index in [1.165, 1.54) is 11.3 Å². The van der Waals surface area contributed by atoms with Gasteiger partial charge in [0.05, 0.1) is 24.4 Å². The summed E-state index contributed by atoms with van der Waals surface area (Å²) in [6.07, 6.45) is 4.63. The highest BCUT2D eigenvalue weighted by molar-refractivity contribution is 7.13. The van der Waals surface area contributed by atoms with Crippen LogP contribution in [-0.2, 0) is 11.2 Å². The third kappa shape index (κ3) is 4.64. The van der Waals surface area contributed by atoms with E-state index in [1.54, 1.807) is 12.4 Å². The van der Waals surface area contributed by atoms with Gasteiger partial charge in [-0.25, -0.2) is 4.98 Å². The average Bonchev–Trinajstić information content (AvgIpc) is 3.10. The zero-order valence-corrected chi connectivity index (χ0v) is 14.8. The largest absolute Gasteiger partial charge is 0.491 e. The minimum atomic E-state index is -0.115. The summed E-state index contributed by atoms with van der Waals surface area (Å²) in [5, 5.41) is 5.67. The van der Waals surface area contributed by atoms with Crippen molar-refractivity contribution in [3.05, 3.63) is 59.9 Å². The molecule has 0 aliphatic rings. The molecule has 3 rings (SSSR count). The summed E-state index contributed by atoms with van der Waals surface area (Å²) in [6.45, 7) is 2.66. The SMILES string of the molecule is CCCOc1ccccc1NC(=O)Cc1csc(-c2cccnc2)n1. The van der Waals surface area contributed by atoms with E-state index in [2.05, 4.69) is 15.3 Å². The molecule has 2 heterocycles. The van der Waals surface area contributed by atoms with Crippen molar-refractivity contribution >= 4 is 22.9 Å². The van der Waals surface area contributed by atoms with Crippen molar-refractivity contribution < 1.29 is 9.53 Å². The summed E-state index contributed by atoms with van der Waals surface area (Å²) in [6, 6.07) is 11.3. The second-order valence-electron chi connectivity index (χ2n) is 5.46. The van der Waals surface area contributed by atoms with Crippen LogP contribution in [0.4, 0.5) is 5.69 Å². The molecule has 0 atom stereocenters. The van der Waals surface area contributed by atoms with Gasteiger partial charge in [-0.05, 0) is 30.7 Å². The molecule has 0 saturated carbocycles. The molecule has 0 unspecified atom stereocenters. The number of nitrogens with zero attached hydrogens (tertiary/aromatic N) is 2. The zero-order chi connectivity index (χ0) is 17.5. The van der Waals surface area contributed by atoms with Crippen LogP contribution >= 0.6 is 11.3 Å². The number of aromatic nitrogens is 2. The number of benzene rings is 1. The first-order valence-electron chi connectivity index (χ1n) is 8.12. The van der Waals surface area contributed by atoms with E-state index in [0.717, 1.165) is 22.7 Å². The molecule has 2 aromatic heterocycles. The van der Waals surface area contributed by atoms with Gasteiger partial charge in [0.2, 0.25) is 5.91 Å². The van der Waals surface area contributed by atoms with Crippen LogP contribution in [-0.4, -0.2) is 22.5 Å². The lowest BCUT2D eigenvalue weighted by Crippen LogP contribution is -2.15. The van der Waals surface area contributed by atoms with E-state index in [9.17, 15) is 4.79 Å². The van der Waals surface area contributed by atoms with Gasteiger partial charge >= 0.3 is 0 Å². The predicted molar refractivity (Wildman–Crippen MR) is 99.9 cm³/mol. The Bertz CT molecular complexity index is 833. The molecule has 0 spiro atoms. The number of rotatable bonds is 7. The van der Waals surface area contributed by atoms with Gasteiger partial charge in [-0.3, -0.25) is 9.78 Å². The molecule has 6 heteroatoms. The Morgan fingerprint density at radius 1 is 1.24 bits per heavy atom. The van der Waals surface area contributed by atoms with Crippen LogP contribution in [0.2, 0.25) is 0 Å². The molecule has 25 heavy (non-hydrogen) atoms. The second kappa shape index (κ2) is 8.39. The lowest BCUT2D eigenvalue weighted by molar-refractivity contribution is -0.115. The van der Waals surface area contributed by atoms with Crippen molar-refractivity contribution in [3.63, 3.8) is 0 Å². The highest BCUT2D eigenvalue weighted by atomic mass is 32.1. The summed E-state index contributed by atoms with van der Waals surface area (Å²) < 4.78 is 5.66. The summed E-state index contributed by atoms with van der Waals surface area (Å²) in [5.41, 5.74) is 2.38. The standard InChI is InChI=1S/C19H19N3O2S/c1-2-10-24-17-8-4-3-7-16(17)22-18(23)11-15-13-25-19(21-15)14-6-5-9-20-12-14/h3-9,12-13H,2,10-11H2,1H3,(H,22,23). The smallest absolute Gasteiger partial charge is 0.230 e. The van der Waals surface area contributed by atoms with Crippen molar-refractivity contribution in [2.45, 2.75) is 19.8 Å². The molecule has 3 aromatic rings. The van der Waals surface area contributed by atoms with Crippen molar-refractivity contribution in [2.24, 2.45) is 0 Å². The first kappa shape index (κ1) is 17.1. The maximum absolute atomic E-state index is 12.3. The highest BCUT2D eigenvalue weighted by Crippen LogP contribution is 2.25. The van der Waals surface area contributed by atoms with Crippen molar-refractivity contribution in [3.8, 4) is 16.3 Å². The minimum Gasteiger partial charge on any atom is -0.491 e. The fourth-order valence-corrected chi connectivity index (χ4v) is 3.09. The van der Waals surface area contributed by atoms with Gasteiger partial charge < -0.3 is 10.1 Å².